The number of nitrogens with zero attached hydrogens (tertiary/aromatic N) is 1. The van der Waals surface area contributed by atoms with Crippen LogP contribution in [-0.4, -0.2) is 16.6 Å². The van der Waals surface area contributed by atoms with E-state index in [1.165, 1.54) is 22.0 Å². The van der Waals surface area contributed by atoms with Gasteiger partial charge >= 0.3 is 0 Å². The van der Waals surface area contributed by atoms with Crippen LogP contribution in [0.15, 0.2) is 60.7 Å². The van der Waals surface area contributed by atoms with Crippen LogP contribution >= 0.6 is 0 Å². The molecule has 30 heavy (non-hydrogen) atoms. The predicted molar refractivity (Wildman–Crippen MR) is 124 cm³/mol. The smallest absolute Gasteiger partial charge is 0.265 e. The minimum Gasteiger partial charge on any atom is -0.481 e. The SMILES string of the molecule is CC[C@H](Oc1ccc(C)c(C)c1)C(=O)Nc1ccc2c(c1)c1ccccc1n2CC. The summed E-state index contributed by atoms with van der Waals surface area (Å²) in [5.41, 5.74) is 5.53. The van der Waals surface area contributed by atoms with Crippen LogP contribution in [0.5, 0.6) is 5.75 Å². The standard InChI is InChI=1S/C26H28N2O2/c1-5-25(30-20-13-11-17(3)18(4)15-20)26(29)27-19-12-14-24-22(16-19)21-9-7-8-10-23(21)28(24)6-2/h7-16,25H,5-6H2,1-4H3,(H,27,29)/t25-/m0/s1. The summed E-state index contributed by atoms with van der Waals surface area (Å²) in [6, 6.07) is 20.4. The van der Waals surface area contributed by atoms with E-state index in [0.717, 1.165) is 28.9 Å². The highest BCUT2D eigenvalue weighted by atomic mass is 16.5. The normalized spacial score (nSPS) is 12.3. The zero-order valence-corrected chi connectivity index (χ0v) is 18.0. The van der Waals surface area contributed by atoms with Crippen LogP contribution in [-0.2, 0) is 11.3 Å². The monoisotopic (exact) mass is 400 g/mol. The average Bonchev–Trinajstić information content (AvgIpc) is 3.07. The molecule has 1 atom stereocenters. The molecule has 0 fully saturated rings. The summed E-state index contributed by atoms with van der Waals surface area (Å²) in [6.45, 7) is 9.12. The fourth-order valence-corrected chi connectivity index (χ4v) is 3.97. The first-order chi connectivity index (χ1) is 14.5. The van der Waals surface area contributed by atoms with Crippen LogP contribution in [0.4, 0.5) is 5.69 Å². The lowest BCUT2D eigenvalue weighted by Crippen LogP contribution is -2.32. The summed E-state index contributed by atoms with van der Waals surface area (Å²) in [6.07, 6.45) is 0.0515. The molecule has 0 unspecified atom stereocenters. The molecule has 4 heteroatoms. The second-order valence-electron chi connectivity index (χ2n) is 7.74. The molecule has 1 aromatic heterocycles. The molecule has 0 saturated carbocycles. The molecule has 154 valence electrons. The number of anilines is 1. The number of carbonyl (C=O) groups is 1. The fraction of sp³-hybridized carbons (Fsp3) is 0.269. The van der Waals surface area contributed by atoms with Crippen LogP contribution in [0.1, 0.15) is 31.4 Å². The van der Waals surface area contributed by atoms with Crippen LogP contribution in [0, 0.1) is 13.8 Å². The Morgan fingerprint density at radius 2 is 1.70 bits per heavy atom. The van der Waals surface area contributed by atoms with Gasteiger partial charge in [-0.15, -0.1) is 0 Å². The van der Waals surface area contributed by atoms with E-state index in [-0.39, 0.29) is 5.91 Å². The molecule has 3 aromatic carbocycles. The lowest BCUT2D eigenvalue weighted by molar-refractivity contribution is -0.122. The molecule has 1 heterocycles. The Balaban J connectivity index is 1.60. The van der Waals surface area contributed by atoms with E-state index in [9.17, 15) is 4.79 Å². The van der Waals surface area contributed by atoms with Gasteiger partial charge in [0.1, 0.15) is 5.75 Å². The van der Waals surface area contributed by atoms with Gasteiger partial charge < -0.3 is 14.6 Å². The second-order valence-corrected chi connectivity index (χ2v) is 7.74. The summed E-state index contributed by atoms with van der Waals surface area (Å²) in [4.78, 5) is 12.9. The number of hydrogen-bond acceptors (Lipinski definition) is 2. The van der Waals surface area contributed by atoms with Gasteiger partial charge in [-0.2, -0.15) is 0 Å². The first-order valence-corrected chi connectivity index (χ1v) is 10.6. The Morgan fingerprint density at radius 3 is 2.43 bits per heavy atom. The number of nitrogens with one attached hydrogen (secondary N) is 1. The number of aromatic nitrogens is 1. The van der Waals surface area contributed by atoms with Crippen molar-refractivity contribution < 1.29 is 9.53 Å². The van der Waals surface area contributed by atoms with Gasteiger partial charge in [-0.05, 0) is 74.7 Å². The van der Waals surface area contributed by atoms with Crippen molar-refractivity contribution in [1.29, 1.82) is 0 Å². The van der Waals surface area contributed by atoms with Crippen LogP contribution in [0.2, 0.25) is 0 Å². The Labute approximate surface area is 177 Å². The third-order valence-corrected chi connectivity index (χ3v) is 5.78. The van der Waals surface area contributed by atoms with Gasteiger partial charge in [0.2, 0.25) is 0 Å². The molecule has 0 bridgehead atoms. The van der Waals surface area contributed by atoms with Crippen molar-refractivity contribution in [3.63, 3.8) is 0 Å². The third-order valence-electron chi connectivity index (χ3n) is 5.78. The maximum Gasteiger partial charge on any atom is 0.265 e. The highest BCUT2D eigenvalue weighted by Crippen LogP contribution is 2.31. The first-order valence-electron chi connectivity index (χ1n) is 10.6. The molecule has 4 aromatic rings. The van der Waals surface area contributed by atoms with Gasteiger partial charge in [0.05, 0.1) is 0 Å². The van der Waals surface area contributed by atoms with Gasteiger partial charge in [-0.25, -0.2) is 0 Å². The van der Waals surface area contributed by atoms with Crippen LogP contribution in [0.25, 0.3) is 21.8 Å². The number of hydrogen-bond donors (Lipinski definition) is 1. The lowest BCUT2D eigenvalue weighted by atomic mass is 10.1. The van der Waals surface area contributed by atoms with Gasteiger partial charge in [0.15, 0.2) is 6.10 Å². The Hall–Kier alpha value is -3.27. The Bertz CT molecular complexity index is 1220. The molecule has 1 N–H and O–H groups in total. The molecule has 4 rings (SSSR count). The quantitative estimate of drug-likeness (QED) is 0.417. The van der Waals surface area contributed by atoms with E-state index in [0.29, 0.717) is 6.42 Å². The lowest BCUT2D eigenvalue weighted by Gasteiger charge is -2.18. The molecular formula is C26H28N2O2. The molecule has 0 aliphatic heterocycles. The zero-order chi connectivity index (χ0) is 21.3. The molecule has 0 aliphatic carbocycles. The van der Waals surface area contributed by atoms with Crippen molar-refractivity contribution in [2.45, 2.75) is 46.8 Å². The number of amides is 1. The third kappa shape index (κ3) is 3.65. The summed E-state index contributed by atoms with van der Waals surface area (Å²) in [5.74, 6) is 0.593. The summed E-state index contributed by atoms with van der Waals surface area (Å²) in [7, 11) is 0. The first kappa shape index (κ1) is 20.0. The van der Waals surface area contributed by atoms with Crippen molar-refractivity contribution in [1.82, 2.24) is 4.57 Å². The fourth-order valence-electron chi connectivity index (χ4n) is 3.97. The number of para-hydroxylation sites is 1. The maximum atomic E-state index is 12.9. The van der Waals surface area contributed by atoms with Crippen molar-refractivity contribution in [2.75, 3.05) is 5.32 Å². The molecule has 1 amide bonds. The summed E-state index contributed by atoms with van der Waals surface area (Å²) in [5, 5.41) is 5.39. The highest BCUT2D eigenvalue weighted by molar-refractivity contribution is 6.10. The molecular weight excluding hydrogens is 372 g/mol. The second kappa shape index (κ2) is 8.23. The van der Waals surface area contributed by atoms with E-state index < -0.39 is 6.10 Å². The zero-order valence-electron chi connectivity index (χ0n) is 18.0. The molecule has 0 saturated heterocycles. The van der Waals surface area contributed by atoms with Gasteiger partial charge in [0.25, 0.3) is 5.91 Å². The van der Waals surface area contributed by atoms with Gasteiger partial charge in [-0.1, -0.05) is 31.2 Å². The van der Waals surface area contributed by atoms with Crippen molar-refractivity contribution in [3.05, 3.63) is 71.8 Å². The number of benzene rings is 3. The minimum absolute atomic E-state index is 0.130. The molecule has 4 nitrogen and oxygen atoms in total. The topological polar surface area (TPSA) is 43.3 Å². The van der Waals surface area contributed by atoms with Crippen LogP contribution < -0.4 is 10.1 Å². The molecule has 0 aliphatic rings. The van der Waals surface area contributed by atoms with Crippen LogP contribution in [0.3, 0.4) is 0 Å². The van der Waals surface area contributed by atoms with Gasteiger partial charge in [0, 0.05) is 34.0 Å². The Morgan fingerprint density at radius 1 is 0.933 bits per heavy atom. The highest BCUT2D eigenvalue weighted by Gasteiger charge is 2.19. The largest absolute Gasteiger partial charge is 0.481 e. The summed E-state index contributed by atoms with van der Waals surface area (Å²) < 4.78 is 8.30. The van der Waals surface area contributed by atoms with E-state index in [2.05, 4.69) is 60.1 Å². The van der Waals surface area contributed by atoms with E-state index >= 15 is 0 Å². The number of rotatable bonds is 6. The number of fused-ring (bicyclic) bond motifs is 3. The molecule has 0 spiro atoms. The van der Waals surface area contributed by atoms with Crippen molar-refractivity contribution in [3.8, 4) is 5.75 Å². The number of ether oxygens (including phenoxy) is 1. The summed E-state index contributed by atoms with van der Waals surface area (Å²) >= 11 is 0. The molecule has 0 radical (unpaired) electrons. The van der Waals surface area contributed by atoms with E-state index in [1.54, 1.807) is 0 Å². The minimum atomic E-state index is -0.542. The number of carbonyl (C=O) groups excluding carboxylic acids is 1. The number of aryl methyl sites for hydroxylation is 3. The Kier molecular flexibility index (Phi) is 5.49. The maximum absolute atomic E-state index is 12.9. The van der Waals surface area contributed by atoms with E-state index in [4.69, 9.17) is 4.74 Å². The van der Waals surface area contributed by atoms with Gasteiger partial charge in [-0.3, -0.25) is 4.79 Å². The van der Waals surface area contributed by atoms with Crippen molar-refractivity contribution >= 4 is 33.4 Å². The van der Waals surface area contributed by atoms with Crippen molar-refractivity contribution in [2.24, 2.45) is 0 Å². The predicted octanol–water partition coefficient (Wildman–Crippen LogP) is 6.23. The average molecular weight is 401 g/mol. The van der Waals surface area contributed by atoms with E-state index in [1.807, 2.05) is 38.1 Å².